The Morgan fingerprint density at radius 3 is 2.93 bits per heavy atom. The van der Waals surface area contributed by atoms with E-state index in [2.05, 4.69) is 5.32 Å². The van der Waals surface area contributed by atoms with Crippen LogP contribution in [0, 0.1) is 0 Å². The number of likely N-dealkylation sites (tertiary alicyclic amines) is 1. The van der Waals surface area contributed by atoms with E-state index in [-0.39, 0.29) is 35.7 Å². The minimum absolute atomic E-state index is 0.0591. The first-order valence-electron chi connectivity index (χ1n) is 10.3. The van der Waals surface area contributed by atoms with Crippen LogP contribution in [0.25, 0.3) is 0 Å². The lowest BCUT2D eigenvalue weighted by molar-refractivity contribution is -0.138. The molecular formula is C21H27N3O4S2. The summed E-state index contributed by atoms with van der Waals surface area (Å²) in [6.45, 7) is 0.549. The minimum atomic E-state index is -0.638. The highest BCUT2D eigenvalue weighted by Crippen LogP contribution is 2.48. The molecule has 0 aromatic heterocycles. The van der Waals surface area contributed by atoms with Crippen molar-refractivity contribution in [1.29, 1.82) is 0 Å². The molecular weight excluding hydrogens is 422 g/mol. The van der Waals surface area contributed by atoms with Crippen LogP contribution in [0.4, 0.5) is 0 Å². The third-order valence-corrected chi connectivity index (χ3v) is 8.04. The maximum absolute atomic E-state index is 13.2. The van der Waals surface area contributed by atoms with Crippen molar-refractivity contribution in [3.63, 3.8) is 0 Å². The number of carbonyl (C=O) groups excluding carboxylic acids is 3. The van der Waals surface area contributed by atoms with E-state index in [1.807, 2.05) is 24.5 Å². The van der Waals surface area contributed by atoms with Gasteiger partial charge in [0.15, 0.2) is 0 Å². The molecule has 1 aromatic rings. The van der Waals surface area contributed by atoms with Crippen LogP contribution in [-0.2, 0) is 9.59 Å². The van der Waals surface area contributed by atoms with Crippen LogP contribution in [0.5, 0.6) is 0 Å². The summed E-state index contributed by atoms with van der Waals surface area (Å²) in [5.74, 6) is 0.734. The number of nitrogens with one attached hydrogen (secondary N) is 1. The Hall–Kier alpha value is -1.71. The van der Waals surface area contributed by atoms with Crippen LogP contribution in [0.2, 0.25) is 0 Å². The van der Waals surface area contributed by atoms with E-state index in [0.717, 1.165) is 24.2 Å². The van der Waals surface area contributed by atoms with Gasteiger partial charge < -0.3 is 20.2 Å². The first kappa shape index (κ1) is 21.5. The third kappa shape index (κ3) is 3.83. The van der Waals surface area contributed by atoms with E-state index in [1.165, 1.54) is 0 Å². The van der Waals surface area contributed by atoms with Gasteiger partial charge in [0, 0.05) is 17.9 Å². The molecule has 1 unspecified atom stereocenters. The molecule has 3 heterocycles. The molecule has 30 heavy (non-hydrogen) atoms. The van der Waals surface area contributed by atoms with Gasteiger partial charge in [0.05, 0.1) is 12.6 Å². The molecule has 0 spiro atoms. The maximum atomic E-state index is 13.2. The molecule has 0 radical (unpaired) electrons. The molecule has 2 fully saturated rings. The molecule has 1 aromatic carbocycles. The largest absolute Gasteiger partial charge is 0.394 e. The van der Waals surface area contributed by atoms with E-state index in [0.29, 0.717) is 24.3 Å². The average Bonchev–Trinajstić information content (AvgIpc) is 3.47. The first-order chi connectivity index (χ1) is 14.6. The second kappa shape index (κ2) is 9.20. The van der Waals surface area contributed by atoms with Gasteiger partial charge in [0.2, 0.25) is 11.8 Å². The predicted octanol–water partition coefficient (Wildman–Crippen LogP) is 1.48. The van der Waals surface area contributed by atoms with E-state index in [1.54, 1.807) is 39.4 Å². The number of thioether (sulfide) groups is 2. The SMILES string of the molecule is CSCC[C@H](NC(=O)[C@@H]1CSC2c3ccccc3C(=O)N21)C(=O)N1CCC[C@H]1CO. The Morgan fingerprint density at radius 1 is 1.37 bits per heavy atom. The van der Waals surface area contributed by atoms with Gasteiger partial charge in [-0.15, -0.1) is 11.8 Å². The molecule has 162 valence electrons. The number of aliphatic hydroxyl groups excluding tert-OH is 1. The Balaban J connectivity index is 1.48. The van der Waals surface area contributed by atoms with E-state index >= 15 is 0 Å². The lowest BCUT2D eigenvalue weighted by Gasteiger charge is -2.30. The van der Waals surface area contributed by atoms with E-state index in [4.69, 9.17) is 0 Å². The van der Waals surface area contributed by atoms with Crippen LogP contribution in [0.15, 0.2) is 24.3 Å². The first-order valence-corrected chi connectivity index (χ1v) is 12.7. The van der Waals surface area contributed by atoms with Gasteiger partial charge in [0.25, 0.3) is 5.91 Å². The zero-order chi connectivity index (χ0) is 21.3. The molecule has 0 bridgehead atoms. The van der Waals surface area contributed by atoms with Gasteiger partial charge in [-0.25, -0.2) is 0 Å². The molecule has 4 atom stereocenters. The molecule has 4 rings (SSSR count). The summed E-state index contributed by atoms with van der Waals surface area (Å²) in [5, 5.41) is 12.4. The van der Waals surface area contributed by atoms with E-state index in [9.17, 15) is 19.5 Å². The summed E-state index contributed by atoms with van der Waals surface area (Å²) >= 11 is 3.21. The number of nitrogens with zero attached hydrogens (tertiary/aromatic N) is 2. The van der Waals surface area contributed by atoms with Crippen LogP contribution in [-0.4, -0.2) is 81.7 Å². The van der Waals surface area contributed by atoms with Crippen LogP contribution in [0.3, 0.4) is 0 Å². The highest BCUT2D eigenvalue weighted by atomic mass is 32.2. The Kier molecular flexibility index (Phi) is 6.60. The van der Waals surface area contributed by atoms with Crippen molar-refractivity contribution in [3.8, 4) is 0 Å². The van der Waals surface area contributed by atoms with Crippen molar-refractivity contribution in [1.82, 2.24) is 15.1 Å². The fourth-order valence-electron chi connectivity index (χ4n) is 4.52. The van der Waals surface area contributed by atoms with Gasteiger partial charge in [-0.3, -0.25) is 14.4 Å². The van der Waals surface area contributed by atoms with Crippen LogP contribution in [0.1, 0.15) is 40.6 Å². The fourth-order valence-corrected chi connectivity index (χ4v) is 6.46. The number of aliphatic hydroxyl groups is 1. The molecule has 3 aliphatic heterocycles. The number of hydrogen-bond acceptors (Lipinski definition) is 6. The number of fused-ring (bicyclic) bond motifs is 3. The van der Waals surface area contributed by atoms with Gasteiger partial charge >= 0.3 is 0 Å². The van der Waals surface area contributed by atoms with Crippen LogP contribution < -0.4 is 5.32 Å². The summed E-state index contributed by atoms with van der Waals surface area (Å²) in [5.41, 5.74) is 1.62. The summed E-state index contributed by atoms with van der Waals surface area (Å²) in [6.07, 6.45) is 4.14. The van der Waals surface area contributed by atoms with Gasteiger partial charge in [0.1, 0.15) is 17.5 Å². The molecule has 9 heteroatoms. The Labute approximate surface area is 184 Å². The highest BCUT2D eigenvalue weighted by molar-refractivity contribution is 7.99. The van der Waals surface area contributed by atoms with Crippen LogP contribution >= 0.6 is 23.5 Å². The summed E-state index contributed by atoms with van der Waals surface area (Å²) in [7, 11) is 0. The minimum Gasteiger partial charge on any atom is -0.394 e. The second-order valence-corrected chi connectivity index (χ2v) is 9.95. The van der Waals surface area contributed by atoms with Crippen molar-refractivity contribution < 1.29 is 19.5 Å². The van der Waals surface area contributed by atoms with Crippen molar-refractivity contribution in [2.75, 3.05) is 30.9 Å². The molecule has 7 nitrogen and oxygen atoms in total. The van der Waals surface area contributed by atoms with Gasteiger partial charge in [-0.2, -0.15) is 11.8 Å². The van der Waals surface area contributed by atoms with E-state index < -0.39 is 12.1 Å². The number of amides is 3. The second-order valence-electron chi connectivity index (χ2n) is 7.85. The van der Waals surface area contributed by atoms with Crippen molar-refractivity contribution in [3.05, 3.63) is 35.4 Å². The molecule has 2 N–H and O–H groups in total. The zero-order valence-corrected chi connectivity index (χ0v) is 18.6. The molecule has 3 aliphatic rings. The molecule has 3 amide bonds. The topological polar surface area (TPSA) is 90.0 Å². The number of benzene rings is 1. The fraction of sp³-hybridized carbons (Fsp3) is 0.571. The van der Waals surface area contributed by atoms with Gasteiger partial charge in [-0.05, 0) is 42.9 Å². The molecule has 0 aliphatic carbocycles. The average molecular weight is 450 g/mol. The standard InChI is InChI=1S/C21H27N3O4S2/c1-29-10-8-16(20(28)23-9-4-5-13(23)11-25)22-18(26)17-12-30-21-15-7-3-2-6-14(15)19(27)24(17)21/h2-3,6-7,13,16-17,21,25H,4-5,8-12H2,1H3,(H,22,26)/t13-,16-,17-,21?/m0/s1. The predicted molar refractivity (Wildman–Crippen MR) is 118 cm³/mol. The zero-order valence-electron chi connectivity index (χ0n) is 17.0. The molecule has 2 saturated heterocycles. The van der Waals surface area contributed by atoms with Crippen molar-refractivity contribution >= 4 is 41.2 Å². The summed E-state index contributed by atoms with van der Waals surface area (Å²) in [6, 6.07) is 6.10. The monoisotopic (exact) mass is 449 g/mol. The summed E-state index contributed by atoms with van der Waals surface area (Å²) < 4.78 is 0. The lowest BCUT2D eigenvalue weighted by atomic mass is 10.1. The summed E-state index contributed by atoms with van der Waals surface area (Å²) in [4.78, 5) is 42.6. The number of carbonyl (C=O) groups is 3. The number of rotatable bonds is 7. The van der Waals surface area contributed by atoms with Gasteiger partial charge in [-0.1, -0.05) is 18.2 Å². The quantitative estimate of drug-likeness (QED) is 0.655. The highest BCUT2D eigenvalue weighted by Gasteiger charge is 2.48. The third-order valence-electron chi connectivity index (χ3n) is 6.09. The smallest absolute Gasteiger partial charge is 0.256 e. The number of hydrogen-bond donors (Lipinski definition) is 2. The Morgan fingerprint density at radius 2 is 2.17 bits per heavy atom. The maximum Gasteiger partial charge on any atom is 0.256 e. The molecule has 0 saturated carbocycles. The van der Waals surface area contributed by atoms with Crippen molar-refractivity contribution in [2.45, 2.75) is 42.8 Å². The Bertz CT molecular complexity index is 836. The van der Waals surface area contributed by atoms with Crippen molar-refractivity contribution in [2.24, 2.45) is 0 Å². The normalized spacial score (nSPS) is 25.9. The lowest BCUT2D eigenvalue weighted by Crippen LogP contribution is -2.55.